The Morgan fingerprint density at radius 1 is 1.09 bits per heavy atom. The van der Waals surface area contributed by atoms with Crippen LogP contribution in [0.2, 0.25) is 0 Å². The van der Waals surface area contributed by atoms with Crippen molar-refractivity contribution < 1.29 is 28.6 Å². The van der Waals surface area contributed by atoms with E-state index >= 15 is 0 Å². The number of unbranched alkanes of at least 4 members (excludes halogenated alkanes) is 1. The van der Waals surface area contributed by atoms with Gasteiger partial charge < -0.3 is 24.9 Å². The van der Waals surface area contributed by atoms with E-state index in [1.54, 1.807) is 13.8 Å². The second-order valence-corrected chi connectivity index (χ2v) is 7.73. The zero-order valence-electron chi connectivity index (χ0n) is 20.5. The number of aryl methyl sites for hydroxylation is 1. The summed E-state index contributed by atoms with van der Waals surface area (Å²) in [5, 5.41) is 0. The van der Waals surface area contributed by atoms with Crippen LogP contribution in [0.15, 0.2) is 9.59 Å². The van der Waals surface area contributed by atoms with Gasteiger partial charge in [0.2, 0.25) is 0 Å². The summed E-state index contributed by atoms with van der Waals surface area (Å²) >= 11 is 0. The first-order valence-electron chi connectivity index (χ1n) is 10.9. The third-order valence-corrected chi connectivity index (χ3v) is 5.40. The number of amides is 1. The average Bonchev–Trinajstić information content (AvgIpc) is 3.12. The quantitative estimate of drug-likeness (QED) is 0.375. The van der Waals surface area contributed by atoms with Crippen LogP contribution >= 0.6 is 0 Å². The average molecular weight is 494 g/mol. The van der Waals surface area contributed by atoms with Gasteiger partial charge in [-0.2, -0.15) is 0 Å². The number of aromatic amines is 2. The van der Waals surface area contributed by atoms with Crippen molar-refractivity contribution >= 4 is 29.4 Å². The molecule has 0 radical (unpaired) electrons. The number of nitrogens with zero attached hydrogens (tertiary/aromatic N) is 2. The van der Waals surface area contributed by atoms with Crippen LogP contribution in [-0.4, -0.2) is 66.4 Å². The van der Waals surface area contributed by atoms with Crippen LogP contribution in [0.25, 0.3) is 0 Å². The van der Waals surface area contributed by atoms with Crippen LogP contribution in [0.3, 0.4) is 0 Å². The lowest BCUT2D eigenvalue weighted by molar-refractivity contribution is -0.121. The number of hydrogen-bond acceptors (Lipinski definition) is 9. The highest BCUT2D eigenvalue weighted by Gasteiger charge is 2.27. The first-order valence-corrected chi connectivity index (χ1v) is 10.9. The molecule has 0 unspecified atom stereocenters. The minimum Gasteiger partial charge on any atom is -0.465 e. The number of anilines is 2. The van der Waals surface area contributed by atoms with Gasteiger partial charge in [-0.1, -0.05) is 13.3 Å². The maximum atomic E-state index is 13.0. The summed E-state index contributed by atoms with van der Waals surface area (Å²) in [6.45, 7) is 4.54. The monoisotopic (exact) mass is 493 g/mol. The van der Waals surface area contributed by atoms with Gasteiger partial charge in [-0.25, -0.2) is 14.4 Å². The van der Waals surface area contributed by atoms with Crippen LogP contribution in [0, 0.1) is 13.8 Å². The molecular formula is C22H31N5O8. The molecule has 0 bridgehead atoms. The highest BCUT2D eigenvalue weighted by molar-refractivity contribution is 6.00. The molecule has 0 aliphatic heterocycles. The van der Waals surface area contributed by atoms with Gasteiger partial charge in [0, 0.05) is 25.9 Å². The summed E-state index contributed by atoms with van der Waals surface area (Å²) < 4.78 is 16.1. The summed E-state index contributed by atoms with van der Waals surface area (Å²) in [4.78, 5) is 68.4. The third-order valence-electron chi connectivity index (χ3n) is 5.40. The number of ether oxygens (including phenoxy) is 3. The molecular weight excluding hydrogens is 462 g/mol. The van der Waals surface area contributed by atoms with E-state index in [-0.39, 0.29) is 42.5 Å². The van der Waals surface area contributed by atoms with E-state index in [0.29, 0.717) is 17.7 Å². The first-order chi connectivity index (χ1) is 16.6. The van der Waals surface area contributed by atoms with E-state index in [0.717, 1.165) is 11.3 Å². The van der Waals surface area contributed by atoms with Crippen molar-refractivity contribution in [2.24, 2.45) is 0 Å². The number of nitrogens with one attached hydrogen (secondary N) is 2. The Morgan fingerprint density at radius 3 is 2.37 bits per heavy atom. The van der Waals surface area contributed by atoms with E-state index in [9.17, 15) is 24.0 Å². The molecule has 2 aromatic heterocycles. The predicted molar refractivity (Wildman–Crippen MR) is 127 cm³/mol. The lowest BCUT2D eigenvalue weighted by Crippen LogP contribution is -2.44. The molecule has 0 spiro atoms. The Morgan fingerprint density at radius 2 is 1.77 bits per heavy atom. The second-order valence-electron chi connectivity index (χ2n) is 7.73. The van der Waals surface area contributed by atoms with Gasteiger partial charge in [-0.3, -0.25) is 24.0 Å². The molecule has 13 nitrogen and oxygen atoms in total. The van der Waals surface area contributed by atoms with Crippen molar-refractivity contribution in [2.45, 2.75) is 40.2 Å². The van der Waals surface area contributed by atoms with Gasteiger partial charge in [0.1, 0.15) is 11.5 Å². The Bertz CT molecular complexity index is 1210. The van der Waals surface area contributed by atoms with E-state index in [1.807, 2.05) is 6.92 Å². The molecule has 0 saturated heterocycles. The summed E-state index contributed by atoms with van der Waals surface area (Å²) in [5.74, 6) is -2.44. The number of aromatic nitrogens is 3. The SMILES string of the molecule is CCCCn1c(N)c(N(CCOC)C(=O)COC(=O)c2[nH]c(C)c(C(=O)OC)c2C)c(=O)[nH]c1=O. The van der Waals surface area contributed by atoms with Gasteiger partial charge >= 0.3 is 17.6 Å². The third kappa shape index (κ3) is 5.98. The Labute approximate surface area is 201 Å². The maximum absolute atomic E-state index is 13.0. The molecule has 4 N–H and O–H groups in total. The molecule has 0 saturated carbocycles. The lowest BCUT2D eigenvalue weighted by atomic mass is 10.1. The molecule has 13 heteroatoms. The number of methoxy groups -OCH3 is 2. The van der Waals surface area contributed by atoms with Crippen molar-refractivity contribution in [3.63, 3.8) is 0 Å². The van der Waals surface area contributed by atoms with Crippen molar-refractivity contribution in [3.8, 4) is 0 Å². The molecule has 0 aromatic carbocycles. The summed E-state index contributed by atoms with van der Waals surface area (Å²) in [6, 6.07) is 0. The summed E-state index contributed by atoms with van der Waals surface area (Å²) in [6.07, 6.45) is 1.40. The van der Waals surface area contributed by atoms with E-state index in [1.165, 1.54) is 18.8 Å². The topological polar surface area (TPSA) is 179 Å². The Hall–Kier alpha value is -3.87. The van der Waals surface area contributed by atoms with Crippen molar-refractivity contribution in [1.29, 1.82) is 0 Å². The van der Waals surface area contributed by atoms with Crippen molar-refractivity contribution in [1.82, 2.24) is 14.5 Å². The Balaban J connectivity index is 2.33. The molecule has 2 heterocycles. The number of rotatable bonds is 11. The largest absolute Gasteiger partial charge is 0.465 e. The van der Waals surface area contributed by atoms with E-state index in [4.69, 9.17) is 19.9 Å². The minimum atomic E-state index is -0.879. The summed E-state index contributed by atoms with van der Waals surface area (Å²) in [7, 11) is 2.63. The van der Waals surface area contributed by atoms with Gasteiger partial charge in [0.25, 0.3) is 11.5 Å². The summed E-state index contributed by atoms with van der Waals surface area (Å²) in [5.41, 5.74) is 5.24. The van der Waals surface area contributed by atoms with Crippen molar-refractivity contribution in [2.75, 3.05) is 44.6 Å². The van der Waals surface area contributed by atoms with Gasteiger partial charge in [0.15, 0.2) is 12.3 Å². The highest BCUT2D eigenvalue weighted by atomic mass is 16.5. The number of H-pyrrole nitrogens is 2. The molecule has 2 aromatic rings. The minimum absolute atomic E-state index is 0.00961. The second kappa shape index (κ2) is 12.0. The molecule has 0 aliphatic carbocycles. The molecule has 0 atom stereocenters. The van der Waals surface area contributed by atoms with Crippen LogP contribution in [0.5, 0.6) is 0 Å². The van der Waals surface area contributed by atoms with Gasteiger partial charge in [0.05, 0.1) is 19.3 Å². The van der Waals surface area contributed by atoms with Gasteiger partial charge in [-0.05, 0) is 25.8 Å². The normalized spacial score (nSPS) is 10.8. The zero-order chi connectivity index (χ0) is 26.3. The van der Waals surface area contributed by atoms with Crippen molar-refractivity contribution in [3.05, 3.63) is 43.4 Å². The smallest absolute Gasteiger partial charge is 0.355 e. The fourth-order valence-electron chi connectivity index (χ4n) is 3.56. The van der Waals surface area contributed by atoms with Gasteiger partial charge in [-0.15, -0.1) is 0 Å². The van der Waals surface area contributed by atoms with Crippen LogP contribution in [0.1, 0.15) is 51.9 Å². The number of nitrogen functional groups attached to an aromatic ring is 1. The molecule has 0 aliphatic rings. The number of nitrogens with two attached hydrogens (primary N) is 1. The Kier molecular flexibility index (Phi) is 9.40. The van der Waals surface area contributed by atoms with E-state index in [2.05, 4.69) is 9.97 Å². The van der Waals surface area contributed by atoms with Crippen LogP contribution in [-0.2, 0) is 25.5 Å². The number of esters is 2. The molecule has 192 valence electrons. The van der Waals surface area contributed by atoms with Crippen LogP contribution in [0.4, 0.5) is 11.5 Å². The van der Waals surface area contributed by atoms with Crippen LogP contribution < -0.4 is 21.9 Å². The number of hydrogen-bond donors (Lipinski definition) is 3. The zero-order valence-corrected chi connectivity index (χ0v) is 20.5. The number of carbonyl (C=O) groups is 3. The molecule has 0 fully saturated rings. The highest BCUT2D eigenvalue weighted by Crippen LogP contribution is 2.20. The lowest BCUT2D eigenvalue weighted by Gasteiger charge is -2.24. The predicted octanol–water partition coefficient (Wildman–Crippen LogP) is 0.487. The maximum Gasteiger partial charge on any atom is 0.355 e. The standard InChI is InChI=1S/C22H31N5O8/c1-6-7-8-27-18(23)17(19(29)25-22(27)32)26(9-10-33-4)14(28)11-35-21(31)16-12(2)15(13(3)24-16)20(30)34-5/h24H,6-11,23H2,1-5H3,(H,25,29,32). The molecule has 1 amide bonds. The molecule has 2 rings (SSSR count). The fourth-order valence-corrected chi connectivity index (χ4v) is 3.56. The van der Waals surface area contributed by atoms with E-state index < -0.39 is 35.7 Å². The first kappa shape index (κ1) is 27.4. The fraction of sp³-hybridized carbons (Fsp3) is 0.500. The molecule has 35 heavy (non-hydrogen) atoms. The number of carbonyl (C=O) groups excluding carboxylic acids is 3.